The lowest BCUT2D eigenvalue weighted by Gasteiger charge is -2.35. The van der Waals surface area contributed by atoms with E-state index in [1.54, 1.807) is 22.8 Å². The Morgan fingerprint density at radius 3 is 2.67 bits per heavy atom. The van der Waals surface area contributed by atoms with Crippen molar-refractivity contribution in [3.8, 4) is 0 Å². The van der Waals surface area contributed by atoms with E-state index in [-0.39, 0.29) is 29.9 Å². The molecule has 2 aromatic heterocycles. The summed E-state index contributed by atoms with van der Waals surface area (Å²) in [6, 6.07) is 0. The third-order valence-electron chi connectivity index (χ3n) is 4.34. The van der Waals surface area contributed by atoms with E-state index >= 15 is 0 Å². The molecule has 3 rings (SSSR count). The Kier molecular flexibility index (Phi) is 7.63. The molecule has 0 aromatic carbocycles. The predicted octanol–water partition coefficient (Wildman–Crippen LogP) is 0.857. The highest BCUT2D eigenvalue weighted by molar-refractivity contribution is 14.0. The van der Waals surface area contributed by atoms with Crippen LogP contribution in [0, 0.1) is 6.92 Å². The third kappa shape index (κ3) is 5.44. The molecule has 0 bridgehead atoms. The predicted molar refractivity (Wildman–Crippen MR) is 115 cm³/mol. The second-order valence-corrected chi connectivity index (χ2v) is 6.45. The van der Waals surface area contributed by atoms with Gasteiger partial charge in [-0.1, -0.05) is 0 Å². The zero-order valence-electron chi connectivity index (χ0n) is 16.0. The summed E-state index contributed by atoms with van der Waals surface area (Å²) >= 11 is 0. The standard InChI is InChI=1S/C17H26N8O.HI/c1-14-9-21-24(11-14)6-4-5-19-17(18-2)23-7-8-25(16(26)13-23)15-10-20-22(3)12-15;/h9-12H,4-8,13H2,1-3H3,(H,18,19);1H. The Hall–Kier alpha value is -2.11. The topological polar surface area (TPSA) is 83.6 Å². The summed E-state index contributed by atoms with van der Waals surface area (Å²) in [5.74, 6) is 0.819. The Balaban J connectivity index is 0.00000261. The van der Waals surface area contributed by atoms with Gasteiger partial charge in [0.1, 0.15) is 6.54 Å². The molecule has 2 aromatic rings. The molecule has 1 aliphatic rings. The highest BCUT2D eigenvalue weighted by atomic mass is 127. The molecule has 3 heterocycles. The van der Waals surface area contributed by atoms with Crippen LogP contribution in [0.4, 0.5) is 5.69 Å². The fourth-order valence-electron chi connectivity index (χ4n) is 3.04. The molecule has 1 amide bonds. The number of carbonyl (C=O) groups is 1. The fraction of sp³-hybridized carbons (Fsp3) is 0.529. The van der Waals surface area contributed by atoms with Crippen molar-refractivity contribution in [2.75, 3.05) is 38.1 Å². The molecule has 0 aliphatic carbocycles. The van der Waals surface area contributed by atoms with Crippen molar-refractivity contribution in [3.05, 3.63) is 30.4 Å². The number of hydrogen-bond acceptors (Lipinski definition) is 4. The highest BCUT2D eigenvalue weighted by Gasteiger charge is 2.27. The molecule has 0 unspecified atom stereocenters. The maximum Gasteiger partial charge on any atom is 0.246 e. The fourth-order valence-corrected chi connectivity index (χ4v) is 3.04. The molecule has 9 nitrogen and oxygen atoms in total. The SMILES string of the molecule is CN=C(NCCCn1cc(C)cn1)N1CCN(c2cnn(C)c2)C(=O)C1.I. The number of rotatable bonds is 5. The number of aryl methyl sites for hydroxylation is 3. The second-order valence-electron chi connectivity index (χ2n) is 6.45. The van der Waals surface area contributed by atoms with Crippen molar-refractivity contribution in [1.82, 2.24) is 29.8 Å². The number of piperazine rings is 1. The molecule has 10 heteroatoms. The average molecular weight is 486 g/mol. The summed E-state index contributed by atoms with van der Waals surface area (Å²) < 4.78 is 3.65. The van der Waals surface area contributed by atoms with Crippen LogP contribution in [0.25, 0.3) is 0 Å². The molecule has 0 saturated carbocycles. The lowest BCUT2D eigenvalue weighted by Crippen LogP contribution is -2.55. The minimum Gasteiger partial charge on any atom is -0.356 e. The summed E-state index contributed by atoms with van der Waals surface area (Å²) in [5.41, 5.74) is 2.01. The van der Waals surface area contributed by atoms with Crippen LogP contribution >= 0.6 is 24.0 Å². The summed E-state index contributed by atoms with van der Waals surface area (Å²) in [5, 5.41) is 11.8. The van der Waals surface area contributed by atoms with Gasteiger partial charge in [-0.05, 0) is 18.9 Å². The van der Waals surface area contributed by atoms with Crippen molar-refractivity contribution >= 4 is 41.5 Å². The Morgan fingerprint density at radius 1 is 1.26 bits per heavy atom. The first-order valence-electron chi connectivity index (χ1n) is 8.80. The summed E-state index contributed by atoms with van der Waals surface area (Å²) in [4.78, 5) is 20.6. The molecular weight excluding hydrogens is 459 g/mol. The van der Waals surface area contributed by atoms with Gasteiger partial charge in [-0.25, -0.2) is 0 Å². The van der Waals surface area contributed by atoms with Gasteiger partial charge >= 0.3 is 0 Å². The van der Waals surface area contributed by atoms with Gasteiger partial charge in [-0.15, -0.1) is 24.0 Å². The molecule has 1 fully saturated rings. The number of aromatic nitrogens is 4. The maximum absolute atomic E-state index is 12.5. The average Bonchev–Trinajstić information content (AvgIpc) is 3.23. The van der Waals surface area contributed by atoms with Gasteiger partial charge in [-0.3, -0.25) is 19.2 Å². The number of anilines is 1. The van der Waals surface area contributed by atoms with Crippen molar-refractivity contribution in [3.63, 3.8) is 0 Å². The first-order valence-corrected chi connectivity index (χ1v) is 8.80. The van der Waals surface area contributed by atoms with E-state index in [1.165, 1.54) is 5.56 Å². The number of halogens is 1. The molecule has 1 aliphatic heterocycles. The third-order valence-corrected chi connectivity index (χ3v) is 4.34. The number of aliphatic imine (C=N–C) groups is 1. The minimum atomic E-state index is 0. The molecule has 27 heavy (non-hydrogen) atoms. The van der Waals surface area contributed by atoms with Crippen LogP contribution in [0.3, 0.4) is 0 Å². The molecule has 1 saturated heterocycles. The number of nitrogens with zero attached hydrogens (tertiary/aromatic N) is 7. The zero-order chi connectivity index (χ0) is 18.5. The first-order chi connectivity index (χ1) is 12.6. The number of carbonyl (C=O) groups excluding carboxylic acids is 1. The van der Waals surface area contributed by atoms with Crippen molar-refractivity contribution in [1.29, 1.82) is 0 Å². The van der Waals surface area contributed by atoms with Gasteiger partial charge in [-0.2, -0.15) is 10.2 Å². The molecule has 148 valence electrons. The monoisotopic (exact) mass is 486 g/mol. The molecule has 1 N–H and O–H groups in total. The highest BCUT2D eigenvalue weighted by Crippen LogP contribution is 2.16. The maximum atomic E-state index is 12.5. The summed E-state index contributed by atoms with van der Waals surface area (Å²) in [6.07, 6.45) is 8.41. The minimum absolute atomic E-state index is 0. The van der Waals surface area contributed by atoms with Crippen LogP contribution in [0.5, 0.6) is 0 Å². The lowest BCUT2D eigenvalue weighted by atomic mass is 10.3. The Morgan fingerprint density at radius 2 is 2.07 bits per heavy atom. The van der Waals surface area contributed by atoms with Gasteiger partial charge in [0, 0.05) is 52.7 Å². The number of amides is 1. The lowest BCUT2D eigenvalue weighted by molar-refractivity contribution is -0.120. The van der Waals surface area contributed by atoms with E-state index in [0.717, 1.165) is 37.7 Å². The number of nitrogens with one attached hydrogen (secondary N) is 1. The van der Waals surface area contributed by atoms with Crippen LogP contribution in [-0.2, 0) is 18.4 Å². The van der Waals surface area contributed by atoms with Gasteiger partial charge in [0.05, 0.1) is 18.1 Å². The van der Waals surface area contributed by atoms with Gasteiger partial charge < -0.3 is 15.1 Å². The normalized spacial score (nSPS) is 15.1. The smallest absolute Gasteiger partial charge is 0.246 e. The number of hydrogen-bond donors (Lipinski definition) is 1. The Bertz CT molecular complexity index is 784. The second kappa shape index (κ2) is 9.72. The van der Waals surface area contributed by atoms with Crippen molar-refractivity contribution < 1.29 is 4.79 Å². The van der Waals surface area contributed by atoms with E-state index < -0.39 is 0 Å². The van der Waals surface area contributed by atoms with Crippen LogP contribution in [-0.4, -0.2) is 69.6 Å². The van der Waals surface area contributed by atoms with Gasteiger partial charge in [0.15, 0.2) is 5.96 Å². The van der Waals surface area contributed by atoms with Crippen LogP contribution in [0.1, 0.15) is 12.0 Å². The zero-order valence-corrected chi connectivity index (χ0v) is 18.3. The van der Waals surface area contributed by atoms with E-state index in [0.29, 0.717) is 13.1 Å². The quantitative estimate of drug-likeness (QED) is 0.294. The van der Waals surface area contributed by atoms with Crippen LogP contribution in [0.2, 0.25) is 0 Å². The Labute approximate surface area is 176 Å². The largest absolute Gasteiger partial charge is 0.356 e. The molecule has 0 atom stereocenters. The van der Waals surface area contributed by atoms with Crippen LogP contribution in [0.15, 0.2) is 29.8 Å². The van der Waals surface area contributed by atoms with E-state index in [1.807, 2.05) is 42.1 Å². The summed E-state index contributed by atoms with van der Waals surface area (Å²) in [6.45, 7) is 5.34. The van der Waals surface area contributed by atoms with E-state index in [9.17, 15) is 4.79 Å². The van der Waals surface area contributed by atoms with Gasteiger partial charge in [0.2, 0.25) is 5.91 Å². The first kappa shape index (κ1) is 21.2. The van der Waals surface area contributed by atoms with Crippen molar-refractivity contribution in [2.24, 2.45) is 12.0 Å². The molecular formula is C17H27IN8O. The van der Waals surface area contributed by atoms with E-state index in [2.05, 4.69) is 20.5 Å². The molecule has 0 spiro atoms. The summed E-state index contributed by atoms with van der Waals surface area (Å²) in [7, 11) is 3.59. The van der Waals surface area contributed by atoms with Crippen LogP contribution < -0.4 is 10.2 Å². The van der Waals surface area contributed by atoms with E-state index in [4.69, 9.17) is 0 Å². The van der Waals surface area contributed by atoms with Crippen molar-refractivity contribution in [2.45, 2.75) is 19.9 Å². The van der Waals surface area contributed by atoms with Gasteiger partial charge in [0.25, 0.3) is 0 Å². The molecule has 0 radical (unpaired) electrons. The number of guanidine groups is 1.